The molecular formula is C11H11N3O3. The Kier molecular flexibility index (Phi) is 3.04. The molecule has 0 aliphatic heterocycles. The van der Waals surface area contributed by atoms with Crippen molar-refractivity contribution in [1.29, 1.82) is 0 Å². The van der Waals surface area contributed by atoms with E-state index in [0.29, 0.717) is 11.5 Å². The van der Waals surface area contributed by atoms with E-state index in [1.165, 1.54) is 12.3 Å². The van der Waals surface area contributed by atoms with Crippen LogP contribution in [0, 0.1) is 6.92 Å². The number of aromatic nitrogens is 2. The van der Waals surface area contributed by atoms with Crippen LogP contribution in [0.3, 0.4) is 0 Å². The van der Waals surface area contributed by atoms with E-state index < -0.39 is 11.5 Å². The minimum absolute atomic E-state index is 0.0766. The molecule has 88 valence electrons. The van der Waals surface area contributed by atoms with Gasteiger partial charge in [-0.15, -0.1) is 0 Å². The number of hydrogen-bond donors (Lipinski definition) is 2. The number of nitrogens with one attached hydrogen (secondary N) is 2. The van der Waals surface area contributed by atoms with Gasteiger partial charge in [0.1, 0.15) is 17.0 Å². The number of carbonyl (C=O) groups is 1. The van der Waals surface area contributed by atoms with Crippen LogP contribution in [0.2, 0.25) is 0 Å². The lowest BCUT2D eigenvalue weighted by molar-refractivity contribution is 0.0948. The average molecular weight is 233 g/mol. The highest BCUT2D eigenvalue weighted by Crippen LogP contribution is 2.01. The number of rotatable bonds is 3. The normalized spacial score (nSPS) is 10.2. The molecule has 6 heteroatoms. The fourth-order valence-electron chi connectivity index (χ4n) is 1.37. The van der Waals surface area contributed by atoms with Gasteiger partial charge in [0.15, 0.2) is 0 Å². The van der Waals surface area contributed by atoms with E-state index in [2.05, 4.69) is 15.5 Å². The molecule has 0 aliphatic rings. The molecule has 0 atom stereocenters. The zero-order chi connectivity index (χ0) is 12.3. The molecule has 2 aromatic heterocycles. The number of aromatic amines is 1. The van der Waals surface area contributed by atoms with Gasteiger partial charge >= 0.3 is 0 Å². The van der Waals surface area contributed by atoms with Gasteiger partial charge in [0.25, 0.3) is 11.5 Å². The predicted octanol–water partition coefficient (Wildman–Crippen LogP) is 0.601. The van der Waals surface area contributed by atoms with E-state index in [9.17, 15) is 9.59 Å². The second-order valence-corrected chi connectivity index (χ2v) is 3.52. The topological polar surface area (TPSA) is 88.0 Å². The van der Waals surface area contributed by atoms with Gasteiger partial charge in [0.05, 0.1) is 6.54 Å². The molecule has 0 aromatic carbocycles. The van der Waals surface area contributed by atoms with Gasteiger partial charge in [-0.1, -0.05) is 5.16 Å². The minimum Gasteiger partial charge on any atom is -0.361 e. The third-order valence-electron chi connectivity index (χ3n) is 2.17. The van der Waals surface area contributed by atoms with Crippen molar-refractivity contribution in [2.75, 3.05) is 0 Å². The molecule has 2 aromatic rings. The summed E-state index contributed by atoms with van der Waals surface area (Å²) < 4.78 is 4.86. The van der Waals surface area contributed by atoms with Crippen LogP contribution >= 0.6 is 0 Å². The first-order valence-electron chi connectivity index (χ1n) is 5.05. The number of aryl methyl sites for hydroxylation is 1. The lowest BCUT2D eigenvalue weighted by Gasteiger charge is -2.01. The van der Waals surface area contributed by atoms with Gasteiger partial charge in [-0.25, -0.2) is 0 Å². The third-order valence-corrected chi connectivity index (χ3v) is 2.17. The van der Waals surface area contributed by atoms with Crippen LogP contribution in [-0.2, 0) is 6.54 Å². The molecule has 2 rings (SSSR count). The lowest BCUT2D eigenvalue weighted by Crippen LogP contribution is -2.28. The van der Waals surface area contributed by atoms with E-state index in [4.69, 9.17) is 4.52 Å². The summed E-state index contributed by atoms with van der Waals surface area (Å²) in [4.78, 5) is 25.4. The Labute approximate surface area is 96.6 Å². The Bertz CT molecular complexity index is 585. The maximum atomic E-state index is 11.7. The highest BCUT2D eigenvalue weighted by atomic mass is 16.5. The van der Waals surface area contributed by atoms with E-state index in [-0.39, 0.29) is 12.1 Å². The van der Waals surface area contributed by atoms with E-state index >= 15 is 0 Å². The fraction of sp³-hybridized carbons (Fsp3) is 0.182. The summed E-state index contributed by atoms with van der Waals surface area (Å²) in [6.07, 6.45) is 1.47. The first-order valence-corrected chi connectivity index (χ1v) is 5.05. The van der Waals surface area contributed by atoms with Crippen LogP contribution in [0.4, 0.5) is 0 Å². The monoisotopic (exact) mass is 233 g/mol. The zero-order valence-electron chi connectivity index (χ0n) is 9.19. The van der Waals surface area contributed by atoms with Crippen LogP contribution in [-0.4, -0.2) is 16.0 Å². The van der Waals surface area contributed by atoms with Crippen molar-refractivity contribution < 1.29 is 9.32 Å². The molecule has 0 saturated heterocycles. The number of nitrogens with zero attached hydrogens (tertiary/aromatic N) is 1. The van der Waals surface area contributed by atoms with Crippen LogP contribution in [0.25, 0.3) is 0 Å². The van der Waals surface area contributed by atoms with Crippen LogP contribution in [0.1, 0.15) is 21.8 Å². The van der Waals surface area contributed by atoms with Crippen molar-refractivity contribution in [1.82, 2.24) is 15.5 Å². The summed E-state index contributed by atoms with van der Waals surface area (Å²) in [5, 5.41) is 6.32. The SMILES string of the molecule is Cc1cc(CNC(=O)c2ccc[nH]c2=O)no1. The fourth-order valence-corrected chi connectivity index (χ4v) is 1.37. The molecule has 0 aliphatic carbocycles. The summed E-state index contributed by atoms with van der Waals surface area (Å²) in [5.41, 5.74) is 0.275. The summed E-state index contributed by atoms with van der Waals surface area (Å²) >= 11 is 0. The molecule has 17 heavy (non-hydrogen) atoms. The minimum atomic E-state index is -0.437. The Morgan fingerprint density at radius 3 is 3.06 bits per heavy atom. The summed E-state index contributed by atoms with van der Waals surface area (Å²) in [7, 11) is 0. The largest absolute Gasteiger partial charge is 0.361 e. The average Bonchev–Trinajstić information content (AvgIpc) is 2.73. The molecule has 0 fully saturated rings. The second-order valence-electron chi connectivity index (χ2n) is 3.52. The quantitative estimate of drug-likeness (QED) is 0.812. The molecular weight excluding hydrogens is 222 g/mol. The van der Waals surface area contributed by atoms with Crippen molar-refractivity contribution in [2.24, 2.45) is 0 Å². The van der Waals surface area contributed by atoms with Crippen LogP contribution < -0.4 is 10.9 Å². The van der Waals surface area contributed by atoms with E-state index in [1.807, 2.05) is 0 Å². The molecule has 0 unspecified atom stereocenters. The lowest BCUT2D eigenvalue weighted by atomic mass is 10.2. The van der Waals surface area contributed by atoms with Crippen molar-refractivity contribution in [3.63, 3.8) is 0 Å². The molecule has 6 nitrogen and oxygen atoms in total. The number of H-pyrrole nitrogens is 1. The first-order chi connectivity index (χ1) is 8.16. The third kappa shape index (κ3) is 2.60. The summed E-state index contributed by atoms with van der Waals surface area (Å²) in [5.74, 6) is 0.235. The number of hydrogen-bond acceptors (Lipinski definition) is 4. The van der Waals surface area contributed by atoms with Gasteiger partial charge in [-0.05, 0) is 19.1 Å². The Balaban J connectivity index is 2.03. The van der Waals surface area contributed by atoms with Gasteiger partial charge in [-0.3, -0.25) is 9.59 Å². The Morgan fingerprint density at radius 2 is 2.41 bits per heavy atom. The molecule has 0 spiro atoms. The molecule has 0 radical (unpaired) electrons. The number of amides is 1. The smallest absolute Gasteiger partial charge is 0.260 e. The first kappa shape index (κ1) is 11.1. The van der Waals surface area contributed by atoms with Crippen molar-refractivity contribution in [2.45, 2.75) is 13.5 Å². The van der Waals surface area contributed by atoms with Crippen LogP contribution in [0.15, 0.2) is 33.7 Å². The molecule has 0 saturated carbocycles. The van der Waals surface area contributed by atoms with Crippen molar-refractivity contribution in [3.05, 3.63) is 51.8 Å². The molecule has 1 amide bonds. The molecule has 2 N–H and O–H groups in total. The Morgan fingerprint density at radius 1 is 1.59 bits per heavy atom. The second kappa shape index (κ2) is 4.65. The van der Waals surface area contributed by atoms with Gasteiger partial charge in [-0.2, -0.15) is 0 Å². The number of pyridine rings is 1. The maximum absolute atomic E-state index is 11.7. The molecule has 0 bridgehead atoms. The van der Waals surface area contributed by atoms with Crippen molar-refractivity contribution in [3.8, 4) is 0 Å². The van der Waals surface area contributed by atoms with Gasteiger partial charge < -0.3 is 14.8 Å². The highest BCUT2D eigenvalue weighted by molar-refractivity contribution is 5.93. The predicted molar refractivity (Wildman–Crippen MR) is 59.5 cm³/mol. The Hall–Kier alpha value is -2.37. The number of carbonyl (C=O) groups excluding carboxylic acids is 1. The van der Waals surface area contributed by atoms with Gasteiger partial charge in [0, 0.05) is 12.3 Å². The van der Waals surface area contributed by atoms with E-state index in [0.717, 1.165) is 0 Å². The highest BCUT2D eigenvalue weighted by Gasteiger charge is 2.09. The zero-order valence-corrected chi connectivity index (χ0v) is 9.19. The summed E-state index contributed by atoms with van der Waals surface area (Å²) in [6.45, 7) is 1.99. The van der Waals surface area contributed by atoms with Crippen LogP contribution in [0.5, 0.6) is 0 Å². The maximum Gasteiger partial charge on any atom is 0.260 e. The summed E-state index contributed by atoms with van der Waals surface area (Å²) in [6, 6.07) is 4.77. The van der Waals surface area contributed by atoms with Crippen molar-refractivity contribution >= 4 is 5.91 Å². The van der Waals surface area contributed by atoms with E-state index in [1.54, 1.807) is 19.1 Å². The standard InChI is InChI=1S/C11H11N3O3/c1-7-5-8(14-17-7)6-13-11(16)9-3-2-4-12-10(9)15/h2-5H,6H2,1H3,(H,12,15)(H,13,16). The van der Waals surface area contributed by atoms with Gasteiger partial charge in [0.2, 0.25) is 0 Å². The molecule has 2 heterocycles.